The highest BCUT2D eigenvalue weighted by Crippen LogP contribution is 2.39. The minimum absolute atomic E-state index is 0.0685. The molecule has 7 nitrogen and oxygen atoms in total. The molecule has 132 valence electrons. The van der Waals surface area contributed by atoms with Crippen LogP contribution in [0.2, 0.25) is 5.02 Å². The van der Waals surface area contributed by atoms with Crippen molar-refractivity contribution in [2.45, 2.75) is 0 Å². The van der Waals surface area contributed by atoms with Gasteiger partial charge in [0.15, 0.2) is 16.6 Å². The number of halogens is 1. The van der Waals surface area contributed by atoms with E-state index in [0.29, 0.717) is 27.2 Å². The van der Waals surface area contributed by atoms with E-state index in [0.717, 1.165) is 10.2 Å². The van der Waals surface area contributed by atoms with Gasteiger partial charge in [-0.25, -0.2) is 10.4 Å². The maximum atomic E-state index is 11.9. The first-order chi connectivity index (χ1) is 12.7. The zero-order valence-electron chi connectivity index (χ0n) is 13.4. The number of anilines is 1. The van der Waals surface area contributed by atoms with Crippen molar-refractivity contribution < 1.29 is 14.3 Å². The molecular formula is C17H13ClN4O3S. The van der Waals surface area contributed by atoms with Gasteiger partial charge in [0.2, 0.25) is 6.79 Å². The number of carbonyl (C=O) groups excluding carboxylic acids is 1. The van der Waals surface area contributed by atoms with Crippen LogP contribution in [0.3, 0.4) is 0 Å². The number of aromatic nitrogens is 1. The van der Waals surface area contributed by atoms with Gasteiger partial charge >= 0.3 is 0 Å². The molecule has 0 fully saturated rings. The molecule has 1 aromatic heterocycles. The zero-order chi connectivity index (χ0) is 17.9. The first kappa shape index (κ1) is 16.6. The molecule has 0 atom stereocenters. The van der Waals surface area contributed by atoms with Crippen molar-refractivity contribution >= 4 is 50.4 Å². The van der Waals surface area contributed by atoms with Crippen LogP contribution >= 0.6 is 22.9 Å². The fourth-order valence-corrected chi connectivity index (χ4v) is 3.52. The van der Waals surface area contributed by atoms with Crippen LogP contribution in [0.5, 0.6) is 11.5 Å². The van der Waals surface area contributed by atoms with Crippen molar-refractivity contribution in [2.75, 3.05) is 18.7 Å². The van der Waals surface area contributed by atoms with Crippen molar-refractivity contribution in [2.24, 2.45) is 5.10 Å². The molecule has 2 heterocycles. The summed E-state index contributed by atoms with van der Waals surface area (Å²) in [6, 6.07) is 11.2. The van der Waals surface area contributed by atoms with E-state index in [1.54, 1.807) is 12.1 Å². The molecule has 2 aromatic carbocycles. The molecule has 9 heteroatoms. The van der Waals surface area contributed by atoms with Crippen molar-refractivity contribution in [3.05, 3.63) is 47.0 Å². The monoisotopic (exact) mass is 388 g/mol. The second kappa shape index (κ2) is 7.19. The van der Waals surface area contributed by atoms with Gasteiger partial charge in [0.1, 0.15) is 0 Å². The smallest absolute Gasteiger partial charge is 0.259 e. The van der Waals surface area contributed by atoms with Gasteiger partial charge in [-0.2, -0.15) is 5.10 Å². The van der Waals surface area contributed by atoms with Crippen LogP contribution in [-0.2, 0) is 4.79 Å². The molecule has 0 aliphatic carbocycles. The molecule has 1 aliphatic heterocycles. The minimum Gasteiger partial charge on any atom is -0.454 e. The molecule has 1 amide bonds. The molecule has 1 aliphatic rings. The fraction of sp³-hybridized carbons (Fsp3) is 0.118. The van der Waals surface area contributed by atoms with Gasteiger partial charge in [0.05, 0.1) is 28.0 Å². The summed E-state index contributed by atoms with van der Waals surface area (Å²) in [7, 11) is 0. The van der Waals surface area contributed by atoms with Crippen LogP contribution in [0.1, 0.15) is 5.56 Å². The number of carbonyl (C=O) groups is 1. The molecule has 0 bridgehead atoms. The number of amides is 1. The lowest BCUT2D eigenvalue weighted by Crippen LogP contribution is -2.25. The number of thiazole rings is 1. The highest BCUT2D eigenvalue weighted by Gasteiger charge is 2.17. The molecule has 4 rings (SSSR count). The van der Waals surface area contributed by atoms with Crippen molar-refractivity contribution in [1.82, 2.24) is 10.4 Å². The van der Waals surface area contributed by atoms with Crippen LogP contribution in [-0.4, -0.2) is 30.4 Å². The second-order valence-corrected chi connectivity index (χ2v) is 6.81. The Balaban J connectivity index is 1.32. The van der Waals surface area contributed by atoms with Gasteiger partial charge in [0, 0.05) is 0 Å². The standard InChI is InChI=1S/C17H13ClN4O3S/c18-11-5-10(6-13-16(11)25-9-24-13)7-20-22-15(23)8-19-17-21-12-3-1-2-4-14(12)26-17/h1-7H,8-9H2,(H,19,21)(H,22,23)/b20-7-. The van der Waals surface area contributed by atoms with E-state index in [4.69, 9.17) is 21.1 Å². The van der Waals surface area contributed by atoms with Gasteiger partial charge in [-0.1, -0.05) is 35.1 Å². The summed E-state index contributed by atoms with van der Waals surface area (Å²) in [6.45, 7) is 0.211. The third-order valence-electron chi connectivity index (χ3n) is 3.55. The van der Waals surface area contributed by atoms with Gasteiger partial charge < -0.3 is 14.8 Å². The second-order valence-electron chi connectivity index (χ2n) is 5.37. The van der Waals surface area contributed by atoms with Gasteiger partial charge in [0.25, 0.3) is 5.91 Å². The minimum atomic E-state index is -0.285. The predicted octanol–water partition coefficient (Wildman–Crippen LogP) is 3.24. The summed E-state index contributed by atoms with van der Waals surface area (Å²) in [5.41, 5.74) is 4.05. The Morgan fingerprint density at radius 3 is 3.12 bits per heavy atom. The Morgan fingerprint density at radius 2 is 2.23 bits per heavy atom. The highest BCUT2D eigenvalue weighted by atomic mass is 35.5. The predicted molar refractivity (Wildman–Crippen MR) is 101 cm³/mol. The number of benzene rings is 2. The van der Waals surface area contributed by atoms with Gasteiger partial charge in [-0.15, -0.1) is 0 Å². The lowest BCUT2D eigenvalue weighted by Gasteiger charge is -2.02. The Labute approximate surface area is 157 Å². The average molecular weight is 389 g/mol. The Hall–Kier alpha value is -2.84. The average Bonchev–Trinajstić information content (AvgIpc) is 3.26. The lowest BCUT2D eigenvalue weighted by atomic mass is 10.2. The van der Waals surface area contributed by atoms with Crippen molar-refractivity contribution in [1.29, 1.82) is 0 Å². The van der Waals surface area contributed by atoms with E-state index in [1.807, 2.05) is 24.3 Å². The number of ether oxygens (including phenoxy) is 2. The first-order valence-corrected chi connectivity index (χ1v) is 8.89. The van der Waals surface area contributed by atoms with E-state index in [2.05, 4.69) is 20.8 Å². The summed E-state index contributed by atoms with van der Waals surface area (Å²) in [4.78, 5) is 16.3. The lowest BCUT2D eigenvalue weighted by molar-refractivity contribution is -0.119. The summed E-state index contributed by atoms with van der Waals surface area (Å²) >= 11 is 7.59. The highest BCUT2D eigenvalue weighted by molar-refractivity contribution is 7.22. The molecular weight excluding hydrogens is 376 g/mol. The molecule has 0 saturated carbocycles. The van der Waals surface area contributed by atoms with Gasteiger partial charge in [-0.05, 0) is 29.8 Å². The molecule has 0 spiro atoms. The number of para-hydroxylation sites is 1. The van der Waals surface area contributed by atoms with Crippen LogP contribution in [0.25, 0.3) is 10.2 Å². The quantitative estimate of drug-likeness (QED) is 0.517. The maximum Gasteiger partial charge on any atom is 0.259 e. The van der Waals surface area contributed by atoms with Crippen molar-refractivity contribution in [3.63, 3.8) is 0 Å². The third-order valence-corrected chi connectivity index (χ3v) is 4.82. The molecule has 0 unspecified atom stereocenters. The number of rotatable bonds is 5. The van der Waals surface area contributed by atoms with Crippen LogP contribution in [0, 0.1) is 0 Å². The normalized spacial score (nSPS) is 12.7. The fourth-order valence-electron chi connectivity index (χ4n) is 2.38. The van der Waals surface area contributed by atoms with E-state index >= 15 is 0 Å². The number of hydrazone groups is 1. The largest absolute Gasteiger partial charge is 0.454 e. The molecule has 26 heavy (non-hydrogen) atoms. The molecule has 2 N–H and O–H groups in total. The van der Waals surface area contributed by atoms with Crippen LogP contribution < -0.4 is 20.2 Å². The molecule has 0 saturated heterocycles. The SMILES string of the molecule is O=C(CNc1nc2ccccc2s1)N/N=C\c1cc(Cl)c2c(c1)OCO2. The Bertz CT molecular complexity index is 972. The third kappa shape index (κ3) is 3.56. The summed E-state index contributed by atoms with van der Waals surface area (Å²) in [5, 5.41) is 8.04. The number of hydrogen-bond acceptors (Lipinski definition) is 7. The Morgan fingerprint density at radius 1 is 1.35 bits per heavy atom. The van der Waals surface area contributed by atoms with Gasteiger partial charge in [-0.3, -0.25) is 4.79 Å². The van der Waals surface area contributed by atoms with E-state index in [1.165, 1.54) is 17.6 Å². The topological polar surface area (TPSA) is 84.8 Å². The Kier molecular flexibility index (Phi) is 4.59. The summed E-state index contributed by atoms with van der Waals surface area (Å²) in [5.74, 6) is 0.794. The molecule has 3 aromatic rings. The molecule has 0 radical (unpaired) electrons. The number of fused-ring (bicyclic) bond motifs is 2. The number of nitrogens with one attached hydrogen (secondary N) is 2. The van der Waals surface area contributed by atoms with E-state index in [-0.39, 0.29) is 19.2 Å². The van der Waals surface area contributed by atoms with Crippen LogP contribution in [0.15, 0.2) is 41.5 Å². The maximum absolute atomic E-state index is 11.9. The summed E-state index contributed by atoms with van der Waals surface area (Å²) in [6.07, 6.45) is 1.49. The van der Waals surface area contributed by atoms with Crippen molar-refractivity contribution in [3.8, 4) is 11.5 Å². The van der Waals surface area contributed by atoms with Crippen LogP contribution in [0.4, 0.5) is 5.13 Å². The first-order valence-electron chi connectivity index (χ1n) is 7.69. The number of hydrogen-bond donors (Lipinski definition) is 2. The zero-order valence-corrected chi connectivity index (χ0v) is 14.9. The summed E-state index contributed by atoms with van der Waals surface area (Å²) < 4.78 is 11.6. The number of nitrogens with zero attached hydrogens (tertiary/aromatic N) is 2. The van der Waals surface area contributed by atoms with E-state index < -0.39 is 0 Å². The van der Waals surface area contributed by atoms with E-state index in [9.17, 15) is 4.79 Å².